The number of amides is 2. The van der Waals surface area contributed by atoms with E-state index in [1.54, 1.807) is 19.0 Å². The number of thiophene rings is 1. The fourth-order valence-corrected chi connectivity index (χ4v) is 3.10. The maximum atomic E-state index is 12.3. The van der Waals surface area contributed by atoms with Crippen LogP contribution in [0.4, 0.5) is 0 Å². The van der Waals surface area contributed by atoms with Crippen LogP contribution >= 0.6 is 11.3 Å². The van der Waals surface area contributed by atoms with E-state index in [2.05, 4.69) is 12.2 Å². The van der Waals surface area contributed by atoms with Gasteiger partial charge in [-0.2, -0.15) is 0 Å². The number of hydrogen-bond acceptors (Lipinski definition) is 3. The molecule has 5 heteroatoms. The molecule has 0 aromatic carbocycles. The summed E-state index contributed by atoms with van der Waals surface area (Å²) in [6, 6.07) is 1.96. The zero-order chi connectivity index (χ0) is 14.6. The molecule has 1 heterocycles. The normalized spacial score (nSPS) is 12.1. The van der Waals surface area contributed by atoms with Crippen molar-refractivity contribution < 1.29 is 9.59 Å². The van der Waals surface area contributed by atoms with Crippen LogP contribution in [-0.4, -0.2) is 37.4 Å². The summed E-state index contributed by atoms with van der Waals surface area (Å²) in [6.07, 6.45) is 0.938. The second-order valence-electron chi connectivity index (χ2n) is 4.75. The molecular weight excluding hydrogens is 260 g/mol. The molecule has 106 valence electrons. The summed E-state index contributed by atoms with van der Waals surface area (Å²) in [5.41, 5.74) is 1.22. The van der Waals surface area contributed by atoms with Crippen LogP contribution in [0.15, 0.2) is 6.07 Å². The second-order valence-corrected chi connectivity index (χ2v) is 6.00. The molecule has 1 aromatic rings. The van der Waals surface area contributed by atoms with Gasteiger partial charge in [0.05, 0.1) is 10.8 Å². The number of hydrogen-bond donors (Lipinski definition) is 1. The van der Waals surface area contributed by atoms with E-state index in [0.717, 1.165) is 11.3 Å². The highest BCUT2D eigenvalue weighted by molar-refractivity contribution is 7.14. The van der Waals surface area contributed by atoms with Crippen molar-refractivity contribution in [3.63, 3.8) is 0 Å². The highest BCUT2D eigenvalue weighted by Crippen LogP contribution is 2.23. The molecule has 4 nitrogen and oxygen atoms in total. The van der Waals surface area contributed by atoms with Crippen molar-refractivity contribution in [1.82, 2.24) is 10.2 Å². The minimum absolute atomic E-state index is 0.0106. The van der Waals surface area contributed by atoms with Gasteiger partial charge in [-0.15, -0.1) is 11.3 Å². The summed E-state index contributed by atoms with van der Waals surface area (Å²) in [5.74, 6) is -0.259. The molecule has 1 N–H and O–H groups in total. The molecule has 0 aliphatic carbocycles. The van der Waals surface area contributed by atoms with Crippen molar-refractivity contribution in [2.45, 2.75) is 27.2 Å². The van der Waals surface area contributed by atoms with Gasteiger partial charge >= 0.3 is 0 Å². The molecule has 2 amide bonds. The van der Waals surface area contributed by atoms with Crippen molar-refractivity contribution in [2.24, 2.45) is 5.92 Å². The van der Waals surface area contributed by atoms with Gasteiger partial charge in [0, 0.05) is 25.5 Å². The second kappa shape index (κ2) is 6.70. The first-order valence-electron chi connectivity index (χ1n) is 6.47. The van der Waals surface area contributed by atoms with Crippen LogP contribution in [-0.2, 0) is 11.2 Å². The Morgan fingerprint density at radius 3 is 2.58 bits per heavy atom. The summed E-state index contributed by atoms with van der Waals surface area (Å²) in [6.45, 7) is 6.37. The van der Waals surface area contributed by atoms with Crippen molar-refractivity contribution in [2.75, 3.05) is 20.6 Å². The van der Waals surface area contributed by atoms with Gasteiger partial charge in [0.15, 0.2) is 0 Å². The van der Waals surface area contributed by atoms with E-state index in [0.29, 0.717) is 6.54 Å². The van der Waals surface area contributed by atoms with E-state index in [4.69, 9.17) is 0 Å². The lowest BCUT2D eigenvalue weighted by Gasteiger charge is -2.20. The molecule has 0 aliphatic heterocycles. The lowest BCUT2D eigenvalue weighted by atomic mass is 10.1. The van der Waals surface area contributed by atoms with Gasteiger partial charge in [0.1, 0.15) is 0 Å². The van der Waals surface area contributed by atoms with Crippen LogP contribution in [0, 0.1) is 12.8 Å². The van der Waals surface area contributed by atoms with E-state index in [9.17, 15) is 9.59 Å². The van der Waals surface area contributed by atoms with Crippen molar-refractivity contribution in [1.29, 1.82) is 0 Å². The fourth-order valence-electron chi connectivity index (χ4n) is 1.99. The molecule has 0 radical (unpaired) electrons. The van der Waals surface area contributed by atoms with Crippen molar-refractivity contribution >= 4 is 23.2 Å². The maximum Gasteiger partial charge on any atom is 0.263 e. The van der Waals surface area contributed by atoms with Crippen LogP contribution in [0.3, 0.4) is 0 Å². The highest BCUT2D eigenvalue weighted by atomic mass is 32.1. The van der Waals surface area contributed by atoms with Gasteiger partial charge in [-0.25, -0.2) is 0 Å². The summed E-state index contributed by atoms with van der Waals surface area (Å²) < 4.78 is 0. The topological polar surface area (TPSA) is 49.4 Å². The van der Waals surface area contributed by atoms with Crippen molar-refractivity contribution in [3.05, 3.63) is 21.4 Å². The molecular formula is C14H22N2O2S. The average molecular weight is 282 g/mol. The number of nitrogens with zero attached hydrogens (tertiary/aromatic N) is 1. The van der Waals surface area contributed by atoms with Gasteiger partial charge in [0.25, 0.3) is 5.91 Å². The Labute approximate surface area is 118 Å². The van der Waals surface area contributed by atoms with Gasteiger partial charge in [0.2, 0.25) is 5.91 Å². The zero-order valence-corrected chi connectivity index (χ0v) is 13.1. The van der Waals surface area contributed by atoms with E-state index in [-0.39, 0.29) is 17.7 Å². The van der Waals surface area contributed by atoms with Crippen LogP contribution in [0.1, 0.15) is 34.0 Å². The Bertz CT molecular complexity index is 468. The van der Waals surface area contributed by atoms with E-state index < -0.39 is 0 Å². The maximum absolute atomic E-state index is 12.3. The Morgan fingerprint density at radius 2 is 2.11 bits per heavy atom. The summed E-state index contributed by atoms with van der Waals surface area (Å²) in [4.78, 5) is 27.3. The van der Waals surface area contributed by atoms with Crippen LogP contribution in [0.25, 0.3) is 0 Å². The molecule has 0 unspecified atom stereocenters. The Kier molecular flexibility index (Phi) is 5.54. The number of rotatable bonds is 5. The third-order valence-electron chi connectivity index (χ3n) is 3.20. The highest BCUT2D eigenvalue weighted by Gasteiger charge is 2.20. The SMILES string of the molecule is CCc1cc(C(=O)N(C)C[C@@H](C)C(=O)NC)sc1C. The van der Waals surface area contributed by atoms with Gasteiger partial charge < -0.3 is 10.2 Å². The minimum atomic E-state index is -0.203. The first kappa shape index (κ1) is 15.7. The molecule has 0 bridgehead atoms. The van der Waals surface area contributed by atoms with Gasteiger partial charge in [-0.1, -0.05) is 13.8 Å². The minimum Gasteiger partial charge on any atom is -0.359 e. The predicted octanol–water partition coefficient (Wildman–Crippen LogP) is 2.07. The first-order chi connectivity index (χ1) is 8.90. The third kappa shape index (κ3) is 3.80. The zero-order valence-electron chi connectivity index (χ0n) is 12.2. The molecule has 0 saturated carbocycles. The Morgan fingerprint density at radius 1 is 1.47 bits per heavy atom. The standard InChI is InChI=1S/C14H22N2O2S/c1-6-11-7-12(19-10(11)3)14(18)16(5)8-9(2)13(17)15-4/h7,9H,6,8H2,1-5H3,(H,15,17)/t9-/m1/s1. The van der Waals surface area contributed by atoms with E-state index in [1.807, 2.05) is 19.9 Å². The number of nitrogens with one attached hydrogen (secondary N) is 1. The third-order valence-corrected chi connectivity index (χ3v) is 4.28. The number of carbonyl (C=O) groups is 2. The van der Waals surface area contributed by atoms with Gasteiger partial charge in [-0.3, -0.25) is 9.59 Å². The summed E-state index contributed by atoms with van der Waals surface area (Å²) in [5, 5.41) is 2.60. The monoisotopic (exact) mass is 282 g/mol. The molecule has 1 atom stereocenters. The number of aryl methyl sites for hydroxylation is 2. The molecule has 0 saturated heterocycles. The molecule has 0 spiro atoms. The molecule has 0 fully saturated rings. The van der Waals surface area contributed by atoms with E-state index in [1.165, 1.54) is 21.8 Å². The largest absolute Gasteiger partial charge is 0.359 e. The predicted molar refractivity (Wildman–Crippen MR) is 78.6 cm³/mol. The van der Waals surface area contributed by atoms with Crippen LogP contribution in [0.5, 0.6) is 0 Å². The molecule has 1 aromatic heterocycles. The molecule has 0 aliphatic rings. The summed E-state index contributed by atoms with van der Waals surface area (Å²) in [7, 11) is 3.35. The molecule has 19 heavy (non-hydrogen) atoms. The van der Waals surface area contributed by atoms with Crippen molar-refractivity contribution in [3.8, 4) is 0 Å². The Balaban J connectivity index is 2.73. The lowest BCUT2D eigenvalue weighted by molar-refractivity contribution is -0.124. The lowest BCUT2D eigenvalue weighted by Crippen LogP contribution is -2.37. The van der Waals surface area contributed by atoms with E-state index >= 15 is 0 Å². The molecule has 1 rings (SSSR count). The number of carbonyl (C=O) groups excluding carboxylic acids is 2. The quantitative estimate of drug-likeness (QED) is 0.899. The van der Waals surface area contributed by atoms with Gasteiger partial charge in [-0.05, 0) is 25.0 Å². The van der Waals surface area contributed by atoms with Crippen LogP contribution in [0.2, 0.25) is 0 Å². The smallest absolute Gasteiger partial charge is 0.263 e. The summed E-state index contributed by atoms with van der Waals surface area (Å²) >= 11 is 1.52. The fraction of sp³-hybridized carbons (Fsp3) is 0.571. The van der Waals surface area contributed by atoms with Crippen LogP contribution < -0.4 is 5.32 Å². The first-order valence-corrected chi connectivity index (χ1v) is 7.28. The average Bonchev–Trinajstić information content (AvgIpc) is 2.77. The Hall–Kier alpha value is -1.36.